The predicted molar refractivity (Wildman–Crippen MR) is 56.2 cm³/mol. The normalized spacial score (nSPS) is 15.2. The second kappa shape index (κ2) is 3.25. The van der Waals surface area contributed by atoms with Crippen LogP contribution in [0.5, 0.6) is 0 Å². The smallest absolute Gasteiger partial charge is 0.0426 e. The molecule has 1 nitrogen and oxygen atoms in total. The summed E-state index contributed by atoms with van der Waals surface area (Å²) in [6, 6.07) is 8.67. The van der Waals surface area contributed by atoms with Crippen LogP contribution in [-0.2, 0) is 6.54 Å². The molecule has 0 fully saturated rings. The average molecular weight is 173 g/mol. The molecule has 0 spiro atoms. The number of nitrogens with zero attached hydrogens (tertiary/aromatic N) is 1. The number of rotatable bonds is 1. The van der Waals surface area contributed by atoms with E-state index in [1.165, 1.54) is 16.7 Å². The second-order valence-corrected chi connectivity index (χ2v) is 3.58. The van der Waals surface area contributed by atoms with Crippen molar-refractivity contribution in [3.8, 4) is 0 Å². The number of hydrogen-bond donors (Lipinski definition) is 0. The molecular weight excluding hydrogens is 158 g/mol. The molecule has 68 valence electrons. The van der Waals surface area contributed by atoms with Gasteiger partial charge in [0.05, 0.1) is 0 Å². The van der Waals surface area contributed by atoms with E-state index in [4.69, 9.17) is 0 Å². The Morgan fingerprint density at radius 2 is 2.08 bits per heavy atom. The molecule has 1 aliphatic heterocycles. The lowest BCUT2D eigenvalue weighted by Crippen LogP contribution is -2.16. The van der Waals surface area contributed by atoms with Crippen molar-refractivity contribution in [3.05, 3.63) is 41.6 Å². The van der Waals surface area contributed by atoms with Crippen LogP contribution in [0.3, 0.4) is 0 Å². The van der Waals surface area contributed by atoms with Gasteiger partial charge in [0, 0.05) is 19.8 Å². The minimum atomic E-state index is 1.04. The maximum Gasteiger partial charge on any atom is 0.0426 e. The summed E-state index contributed by atoms with van der Waals surface area (Å²) >= 11 is 0. The van der Waals surface area contributed by atoms with Gasteiger partial charge >= 0.3 is 0 Å². The molecule has 0 radical (unpaired) electrons. The van der Waals surface area contributed by atoms with Gasteiger partial charge in [-0.05, 0) is 23.1 Å². The topological polar surface area (TPSA) is 3.24 Å². The molecule has 2 rings (SSSR count). The van der Waals surface area contributed by atoms with E-state index >= 15 is 0 Å². The van der Waals surface area contributed by atoms with Gasteiger partial charge in [0.2, 0.25) is 0 Å². The Kier molecular flexibility index (Phi) is 2.09. The summed E-state index contributed by atoms with van der Waals surface area (Å²) in [4.78, 5) is 2.25. The highest BCUT2D eigenvalue weighted by molar-refractivity contribution is 5.69. The van der Waals surface area contributed by atoms with Gasteiger partial charge in [0.25, 0.3) is 0 Å². The molecule has 0 bridgehead atoms. The van der Waals surface area contributed by atoms with Gasteiger partial charge in [-0.15, -0.1) is 0 Å². The van der Waals surface area contributed by atoms with Crippen LogP contribution in [0.1, 0.15) is 24.5 Å². The molecule has 1 heteroatoms. The first-order chi connectivity index (χ1) is 6.31. The zero-order valence-corrected chi connectivity index (χ0v) is 8.25. The fourth-order valence-corrected chi connectivity index (χ4v) is 1.90. The molecule has 0 aromatic heterocycles. The van der Waals surface area contributed by atoms with Crippen LogP contribution in [0.4, 0.5) is 0 Å². The van der Waals surface area contributed by atoms with Gasteiger partial charge in [0.15, 0.2) is 0 Å². The van der Waals surface area contributed by atoms with Crippen molar-refractivity contribution in [2.45, 2.75) is 19.9 Å². The molecular formula is C12H15N. The average Bonchev–Trinajstić information content (AvgIpc) is 2.16. The molecule has 1 aromatic carbocycles. The highest BCUT2D eigenvalue weighted by Crippen LogP contribution is 2.27. The lowest BCUT2D eigenvalue weighted by molar-refractivity contribution is 0.444. The Bertz CT molecular complexity index is 339. The minimum Gasteiger partial charge on any atom is -0.376 e. The van der Waals surface area contributed by atoms with Crippen LogP contribution in [0.25, 0.3) is 5.57 Å². The van der Waals surface area contributed by atoms with Crippen molar-refractivity contribution in [2.24, 2.45) is 0 Å². The standard InChI is InChI=1S/C12H15N/c1-3-10-8-13(2)9-11-6-4-5-7-12(10)11/h4-8H,3,9H2,1-2H3. The number of allylic oxidation sites excluding steroid dienone is 1. The SMILES string of the molecule is CCC1=CN(C)Cc2ccccc21. The minimum absolute atomic E-state index is 1.04. The Morgan fingerprint density at radius 3 is 2.85 bits per heavy atom. The van der Waals surface area contributed by atoms with Crippen molar-refractivity contribution < 1.29 is 0 Å². The Labute approximate surface area is 79.7 Å². The molecule has 0 N–H and O–H groups in total. The highest BCUT2D eigenvalue weighted by Gasteiger charge is 2.12. The van der Waals surface area contributed by atoms with Gasteiger partial charge in [-0.25, -0.2) is 0 Å². The predicted octanol–water partition coefficient (Wildman–Crippen LogP) is 2.88. The van der Waals surface area contributed by atoms with E-state index in [1.807, 2.05) is 0 Å². The number of benzene rings is 1. The van der Waals surface area contributed by atoms with E-state index in [2.05, 4.69) is 49.3 Å². The molecule has 0 unspecified atom stereocenters. The lowest BCUT2D eigenvalue weighted by Gasteiger charge is -2.25. The Morgan fingerprint density at radius 1 is 1.31 bits per heavy atom. The van der Waals surface area contributed by atoms with Crippen LogP contribution in [0.2, 0.25) is 0 Å². The third-order valence-corrected chi connectivity index (χ3v) is 2.54. The first-order valence-electron chi connectivity index (χ1n) is 4.80. The fraction of sp³-hybridized carbons (Fsp3) is 0.333. The summed E-state index contributed by atoms with van der Waals surface area (Å²) in [7, 11) is 2.13. The van der Waals surface area contributed by atoms with Crippen LogP contribution in [0, 0.1) is 0 Å². The monoisotopic (exact) mass is 173 g/mol. The van der Waals surface area contributed by atoms with E-state index in [9.17, 15) is 0 Å². The first kappa shape index (κ1) is 8.36. The lowest BCUT2D eigenvalue weighted by atomic mass is 9.96. The van der Waals surface area contributed by atoms with Crippen LogP contribution >= 0.6 is 0 Å². The third-order valence-electron chi connectivity index (χ3n) is 2.54. The summed E-state index contributed by atoms with van der Waals surface area (Å²) in [6.07, 6.45) is 3.36. The largest absolute Gasteiger partial charge is 0.376 e. The van der Waals surface area contributed by atoms with E-state index in [1.54, 1.807) is 0 Å². The fourth-order valence-electron chi connectivity index (χ4n) is 1.90. The molecule has 0 saturated carbocycles. The molecule has 1 heterocycles. The van der Waals surface area contributed by atoms with Crippen molar-refractivity contribution in [1.82, 2.24) is 4.90 Å². The summed E-state index contributed by atoms with van der Waals surface area (Å²) < 4.78 is 0. The Hall–Kier alpha value is -1.24. The van der Waals surface area contributed by atoms with Gasteiger partial charge < -0.3 is 4.90 Å². The molecule has 1 aliphatic rings. The van der Waals surface area contributed by atoms with Gasteiger partial charge in [-0.2, -0.15) is 0 Å². The van der Waals surface area contributed by atoms with Crippen molar-refractivity contribution >= 4 is 5.57 Å². The van der Waals surface area contributed by atoms with Gasteiger partial charge in [0.1, 0.15) is 0 Å². The van der Waals surface area contributed by atoms with Crippen LogP contribution < -0.4 is 0 Å². The third kappa shape index (κ3) is 1.46. The van der Waals surface area contributed by atoms with Crippen molar-refractivity contribution in [3.63, 3.8) is 0 Å². The maximum absolute atomic E-state index is 2.25. The molecule has 0 aliphatic carbocycles. The summed E-state index contributed by atoms with van der Waals surface area (Å²) in [5.74, 6) is 0. The molecule has 1 aromatic rings. The van der Waals surface area contributed by atoms with E-state index in [0.717, 1.165) is 13.0 Å². The molecule has 13 heavy (non-hydrogen) atoms. The summed E-state index contributed by atoms with van der Waals surface area (Å²) in [5.41, 5.74) is 4.33. The van der Waals surface area contributed by atoms with Crippen LogP contribution in [0.15, 0.2) is 30.5 Å². The number of fused-ring (bicyclic) bond motifs is 1. The van der Waals surface area contributed by atoms with Crippen LogP contribution in [-0.4, -0.2) is 11.9 Å². The van der Waals surface area contributed by atoms with E-state index < -0.39 is 0 Å². The highest BCUT2D eigenvalue weighted by atomic mass is 15.1. The Balaban J connectivity index is 2.49. The van der Waals surface area contributed by atoms with Crippen molar-refractivity contribution in [1.29, 1.82) is 0 Å². The van der Waals surface area contributed by atoms with E-state index in [-0.39, 0.29) is 0 Å². The first-order valence-corrected chi connectivity index (χ1v) is 4.80. The van der Waals surface area contributed by atoms with Crippen molar-refractivity contribution in [2.75, 3.05) is 7.05 Å². The van der Waals surface area contributed by atoms with E-state index in [0.29, 0.717) is 0 Å². The zero-order chi connectivity index (χ0) is 9.26. The summed E-state index contributed by atoms with van der Waals surface area (Å²) in [5, 5.41) is 0. The quantitative estimate of drug-likeness (QED) is 0.631. The molecule has 0 saturated heterocycles. The second-order valence-electron chi connectivity index (χ2n) is 3.58. The zero-order valence-electron chi connectivity index (χ0n) is 8.25. The maximum atomic E-state index is 2.25. The molecule has 0 amide bonds. The molecule has 0 atom stereocenters. The summed E-state index contributed by atoms with van der Waals surface area (Å²) in [6.45, 7) is 3.25. The number of hydrogen-bond acceptors (Lipinski definition) is 1. The van der Waals surface area contributed by atoms with Gasteiger partial charge in [-0.1, -0.05) is 31.2 Å². The van der Waals surface area contributed by atoms with Gasteiger partial charge in [-0.3, -0.25) is 0 Å².